The molecule has 1 aromatic heterocycles. The second-order valence-corrected chi connectivity index (χ2v) is 10.6. The van der Waals surface area contributed by atoms with Gasteiger partial charge in [-0.15, -0.1) is 0 Å². The second-order valence-electron chi connectivity index (χ2n) is 8.87. The molecule has 0 atom stereocenters. The van der Waals surface area contributed by atoms with Gasteiger partial charge in [0.1, 0.15) is 5.58 Å². The lowest BCUT2D eigenvalue weighted by atomic mass is 9.92. The first-order chi connectivity index (χ1) is 15.5. The number of benzene rings is 2. The number of para-hydroxylation sites is 1. The second kappa shape index (κ2) is 8.71. The number of likely N-dealkylation sites (tertiary alicyclic amines) is 1. The third kappa shape index (κ3) is 4.32. The summed E-state index contributed by atoms with van der Waals surface area (Å²) in [6, 6.07) is 14.9. The standard InChI is InChI=1S/C25H28N2O4S/c28-25(24-16-21-7-3-4-8-23(21)31-24)27-13-11-18(12-14-27)17-26-32(29,30)22-10-9-19-5-1-2-6-20(19)15-22/h3-4,7-10,15-16,18,26H,1-2,5-6,11-14,17H2. The van der Waals surface area contributed by atoms with Crippen LogP contribution in [0.15, 0.2) is 57.8 Å². The van der Waals surface area contributed by atoms with Gasteiger partial charge in [0.25, 0.3) is 5.91 Å². The third-order valence-electron chi connectivity index (χ3n) is 6.73. The number of furan rings is 1. The van der Waals surface area contributed by atoms with Gasteiger partial charge in [-0.1, -0.05) is 24.3 Å². The van der Waals surface area contributed by atoms with Crippen molar-refractivity contribution in [3.63, 3.8) is 0 Å². The molecule has 1 aliphatic carbocycles. The number of nitrogens with one attached hydrogen (secondary N) is 1. The topological polar surface area (TPSA) is 79.6 Å². The molecule has 2 aliphatic rings. The molecular weight excluding hydrogens is 424 g/mol. The van der Waals surface area contributed by atoms with Gasteiger partial charge in [-0.3, -0.25) is 4.79 Å². The number of nitrogens with zero attached hydrogens (tertiary/aromatic N) is 1. The fraction of sp³-hybridized carbons (Fsp3) is 0.400. The van der Waals surface area contributed by atoms with E-state index in [1.807, 2.05) is 36.4 Å². The molecule has 0 spiro atoms. The average Bonchev–Trinajstić information content (AvgIpc) is 3.27. The summed E-state index contributed by atoms with van der Waals surface area (Å²) in [5, 5.41) is 0.919. The Morgan fingerprint density at radius 2 is 1.75 bits per heavy atom. The molecule has 7 heteroatoms. The third-order valence-corrected chi connectivity index (χ3v) is 8.15. The Morgan fingerprint density at radius 1 is 1.00 bits per heavy atom. The molecule has 0 saturated carbocycles. The Labute approximate surface area is 188 Å². The number of piperidine rings is 1. The molecule has 2 heterocycles. The van der Waals surface area contributed by atoms with Gasteiger partial charge < -0.3 is 9.32 Å². The van der Waals surface area contributed by atoms with E-state index in [2.05, 4.69) is 4.72 Å². The Kier molecular flexibility index (Phi) is 5.78. The molecule has 1 saturated heterocycles. The lowest BCUT2D eigenvalue weighted by molar-refractivity contribution is 0.0662. The van der Waals surface area contributed by atoms with E-state index in [9.17, 15) is 13.2 Å². The molecule has 2 aromatic carbocycles. The van der Waals surface area contributed by atoms with Gasteiger partial charge in [-0.05, 0) is 79.8 Å². The highest BCUT2D eigenvalue weighted by Gasteiger charge is 2.27. The van der Waals surface area contributed by atoms with Crippen molar-refractivity contribution in [3.8, 4) is 0 Å². The fourth-order valence-electron chi connectivity index (χ4n) is 4.77. The van der Waals surface area contributed by atoms with E-state index in [0.717, 1.165) is 43.1 Å². The molecule has 0 radical (unpaired) electrons. The lowest BCUT2D eigenvalue weighted by Crippen LogP contribution is -2.41. The molecule has 0 unspecified atom stereocenters. The van der Waals surface area contributed by atoms with Crippen LogP contribution in [-0.2, 0) is 22.9 Å². The molecule has 0 bridgehead atoms. The number of carbonyl (C=O) groups is 1. The largest absolute Gasteiger partial charge is 0.451 e. The number of hydrogen-bond acceptors (Lipinski definition) is 4. The summed E-state index contributed by atoms with van der Waals surface area (Å²) in [5.41, 5.74) is 3.15. The van der Waals surface area contributed by atoms with Gasteiger partial charge in [-0.2, -0.15) is 0 Å². The van der Waals surface area contributed by atoms with Crippen LogP contribution >= 0.6 is 0 Å². The van der Waals surface area contributed by atoms with Crippen LogP contribution in [0.25, 0.3) is 11.0 Å². The molecule has 5 rings (SSSR count). The monoisotopic (exact) mass is 452 g/mol. The molecule has 1 N–H and O–H groups in total. The lowest BCUT2D eigenvalue weighted by Gasteiger charge is -2.31. The smallest absolute Gasteiger partial charge is 0.289 e. The minimum absolute atomic E-state index is 0.103. The number of rotatable bonds is 5. The molecular formula is C25H28N2O4S. The van der Waals surface area contributed by atoms with E-state index in [1.54, 1.807) is 17.0 Å². The Morgan fingerprint density at radius 3 is 2.53 bits per heavy atom. The summed E-state index contributed by atoms with van der Waals surface area (Å²) >= 11 is 0. The summed E-state index contributed by atoms with van der Waals surface area (Å²) in [6.07, 6.45) is 5.81. The van der Waals surface area contributed by atoms with E-state index in [-0.39, 0.29) is 11.8 Å². The zero-order valence-corrected chi connectivity index (χ0v) is 18.9. The number of hydrogen-bond donors (Lipinski definition) is 1. The maximum Gasteiger partial charge on any atom is 0.289 e. The SMILES string of the molecule is O=C(c1cc2ccccc2o1)N1CCC(CNS(=O)(=O)c2ccc3c(c2)CCCC3)CC1. The molecule has 6 nitrogen and oxygen atoms in total. The number of carbonyl (C=O) groups excluding carboxylic acids is 1. The first-order valence-corrected chi connectivity index (χ1v) is 12.9. The minimum atomic E-state index is -3.53. The van der Waals surface area contributed by atoms with Crippen LogP contribution in [0.2, 0.25) is 0 Å². The summed E-state index contributed by atoms with van der Waals surface area (Å²) in [4.78, 5) is 15.0. The molecule has 3 aromatic rings. The zero-order valence-electron chi connectivity index (χ0n) is 18.0. The van der Waals surface area contributed by atoms with Gasteiger partial charge in [0.15, 0.2) is 5.76 Å². The van der Waals surface area contributed by atoms with Gasteiger partial charge >= 0.3 is 0 Å². The van der Waals surface area contributed by atoms with Crippen LogP contribution in [0, 0.1) is 5.92 Å². The zero-order chi connectivity index (χ0) is 22.1. The molecule has 1 aliphatic heterocycles. The number of fused-ring (bicyclic) bond motifs is 2. The highest BCUT2D eigenvalue weighted by Crippen LogP contribution is 2.25. The van der Waals surface area contributed by atoms with Crippen molar-refractivity contribution in [1.82, 2.24) is 9.62 Å². The Bertz CT molecular complexity index is 1210. The maximum atomic E-state index is 12.8. The van der Waals surface area contributed by atoms with E-state index >= 15 is 0 Å². The van der Waals surface area contributed by atoms with Crippen molar-refractivity contribution in [2.75, 3.05) is 19.6 Å². The molecule has 32 heavy (non-hydrogen) atoms. The van der Waals surface area contributed by atoms with Crippen LogP contribution < -0.4 is 4.72 Å². The Hall–Kier alpha value is -2.64. The van der Waals surface area contributed by atoms with Crippen molar-refractivity contribution in [1.29, 1.82) is 0 Å². The summed E-state index contributed by atoms with van der Waals surface area (Å²) < 4.78 is 34.1. The van der Waals surface area contributed by atoms with Crippen LogP contribution in [0.4, 0.5) is 0 Å². The highest BCUT2D eigenvalue weighted by atomic mass is 32.2. The van der Waals surface area contributed by atoms with Crippen LogP contribution in [0.5, 0.6) is 0 Å². The van der Waals surface area contributed by atoms with Crippen LogP contribution in [0.1, 0.15) is 47.4 Å². The van der Waals surface area contributed by atoms with E-state index in [1.165, 1.54) is 12.0 Å². The van der Waals surface area contributed by atoms with E-state index in [4.69, 9.17) is 4.42 Å². The van der Waals surface area contributed by atoms with Gasteiger partial charge in [-0.25, -0.2) is 13.1 Å². The Balaban J connectivity index is 1.16. The first kappa shape index (κ1) is 21.2. The molecule has 1 fully saturated rings. The number of aryl methyl sites for hydroxylation is 2. The van der Waals surface area contributed by atoms with Crippen molar-refractivity contribution in [2.24, 2.45) is 5.92 Å². The quantitative estimate of drug-likeness (QED) is 0.631. The van der Waals surface area contributed by atoms with Crippen LogP contribution in [-0.4, -0.2) is 38.9 Å². The number of amides is 1. The predicted molar refractivity (Wildman–Crippen MR) is 123 cm³/mol. The number of sulfonamides is 1. The maximum absolute atomic E-state index is 12.8. The van der Waals surface area contributed by atoms with Crippen LogP contribution in [0.3, 0.4) is 0 Å². The summed E-state index contributed by atoms with van der Waals surface area (Å²) in [7, 11) is -3.53. The first-order valence-electron chi connectivity index (χ1n) is 11.4. The normalized spacial score (nSPS) is 17.4. The van der Waals surface area contributed by atoms with Crippen molar-refractivity contribution < 1.29 is 17.6 Å². The molecule has 168 valence electrons. The predicted octanol–water partition coefficient (Wildman–Crippen LogP) is 4.14. The van der Waals surface area contributed by atoms with Crippen molar-refractivity contribution in [3.05, 3.63) is 65.4 Å². The van der Waals surface area contributed by atoms with E-state index < -0.39 is 10.0 Å². The summed E-state index contributed by atoms with van der Waals surface area (Å²) in [5.74, 6) is 0.467. The average molecular weight is 453 g/mol. The molecule has 1 amide bonds. The van der Waals surface area contributed by atoms with E-state index in [0.29, 0.717) is 35.9 Å². The highest BCUT2D eigenvalue weighted by molar-refractivity contribution is 7.89. The van der Waals surface area contributed by atoms with Crippen molar-refractivity contribution >= 4 is 26.9 Å². The fourth-order valence-corrected chi connectivity index (χ4v) is 5.94. The minimum Gasteiger partial charge on any atom is -0.451 e. The van der Waals surface area contributed by atoms with Gasteiger partial charge in [0, 0.05) is 25.0 Å². The van der Waals surface area contributed by atoms with Gasteiger partial charge in [0.2, 0.25) is 10.0 Å². The van der Waals surface area contributed by atoms with Crippen molar-refractivity contribution in [2.45, 2.75) is 43.4 Å². The summed E-state index contributed by atoms with van der Waals surface area (Å²) in [6.45, 7) is 1.59. The van der Waals surface area contributed by atoms with Gasteiger partial charge in [0.05, 0.1) is 4.90 Å².